The zero-order valence-corrected chi connectivity index (χ0v) is 7.97. The number of hydrogen-bond donors (Lipinski definition) is 1. The van der Waals surface area contributed by atoms with Crippen LogP contribution in [0.25, 0.3) is 0 Å². The lowest BCUT2D eigenvalue weighted by molar-refractivity contribution is 0.0686. The summed E-state index contributed by atoms with van der Waals surface area (Å²) in [5.41, 5.74) is 5.54. The van der Waals surface area contributed by atoms with Crippen molar-refractivity contribution in [1.82, 2.24) is 0 Å². The normalized spacial score (nSPS) is 13.9. The molecule has 0 heterocycles. The zero-order chi connectivity index (χ0) is 8.69. The molecule has 11 heavy (non-hydrogen) atoms. The van der Waals surface area contributed by atoms with Crippen LogP contribution in [-0.4, -0.2) is 19.3 Å². The standard InChI is InChI=1S/C9H21NO/c1-4-9(7-10)5-6-11-8(2)3/h8-9H,4-7,10H2,1-3H3. The molecule has 0 amide bonds. The molecule has 0 aromatic carbocycles. The van der Waals surface area contributed by atoms with E-state index in [9.17, 15) is 0 Å². The van der Waals surface area contributed by atoms with Crippen LogP contribution in [-0.2, 0) is 4.74 Å². The minimum atomic E-state index is 0.352. The van der Waals surface area contributed by atoms with Gasteiger partial charge in [0.25, 0.3) is 0 Å². The highest BCUT2D eigenvalue weighted by Gasteiger charge is 2.03. The zero-order valence-electron chi connectivity index (χ0n) is 7.97. The average Bonchev–Trinajstić information content (AvgIpc) is 1.98. The molecule has 0 bridgehead atoms. The van der Waals surface area contributed by atoms with Gasteiger partial charge in [-0.15, -0.1) is 0 Å². The lowest BCUT2D eigenvalue weighted by Crippen LogP contribution is -2.16. The fourth-order valence-corrected chi connectivity index (χ4v) is 0.959. The largest absolute Gasteiger partial charge is 0.379 e. The maximum atomic E-state index is 5.54. The summed E-state index contributed by atoms with van der Waals surface area (Å²) < 4.78 is 5.42. The van der Waals surface area contributed by atoms with Crippen LogP contribution in [0.15, 0.2) is 0 Å². The average molecular weight is 159 g/mol. The second-order valence-corrected chi connectivity index (χ2v) is 3.22. The number of rotatable bonds is 6. The maximum absolute atomic E-state index is 5.54. The first-order valence-electron chi connectivity index (χ1n) is 4.52. The van der Waals surface area contributed by atoms with E-state index in [4.69, 9.17) is 10.5 Å². The fraction of sp³-hybridized carbons (Fsp3) is 1.00. The van der Waals surface area contributed by atoms with Crippen molar-refractivity contribution in [3.8, 4) is 0 Å². The SMILES string of the molecule is CCC(CN)CCOC(C)C. The minimum Gasteiger partial charge on any atom is -0.379 e. The fourth-order valence-electron chi connectivity index (χ4n) is 0.959. The van der Waals surface area contributed by atoms with Crippen molar-refractivity contribution in [3.05, 3.63) is 0 Å². The molecule has 0 aliphatic rings. The van der Waals surface area contributed by atoms with Gasteiger partial charge in [0.2, 0.25) is 0 Å². The van der Waals surface area contributed by atoms with Gasteiger partial charge in [-0.2, -0.15) is 0 Å². The number of hydrogen-bond acceptors (Lipinski definition) is 2. The Morgan fingerprint density at radius 2 is 2.00 bits per heavy atom. The van der Waals surface area contributed by atoms with Gasteiger partial charge in [0, 0.05) is 6.61 Å². The van der Waals surface area contributed by atoms with Crippen molar-refractivity contribution in [2.24, 2.45) is 11.7 Å². The van der Waals surface area contributed by atoms with E-state index in [1.807, 2.05) is 0 Å². The van der Waals surface area contributed by atoms with Crippen molar-refractivity contribution in [2.45, 2.75) is 39.7 Å². The molecule has 0 aromatic heterocycles. The maximum Gasteiger partial charge on any atom is 0.0518 e. The highest BCUT2D eigenvalue weighted by molar-refractivity contribution is 4.56. The van der Waals surface area contributed by atoms with Crippen molar-refractivity contribution in [2.75, 3.05) is 13.2 Å². The Morgan fingerprint density at radius 3 is 2.36 bits per heavy atom. The van der Waals surface area contributed by atoms with Crippen LogP contribution >= 0.6 is 0 Å². The lowest BCUT2D eigenvalue weighted by Gasteiger charge is -2.13. The summed E-state index contributed by atoms with van der Waals surface area (Å²) in [6.45, 7) is 7.94. The molecular formula is C9H21NO. The Balaban J connectivity index is 3.21. The van der Waals surface area contributed by atoms with E-state index in [1.165, 1.54) is 0 Å². The quantitative estimate of drug-likeness (QED) is 0.641. The first-order valence-corrected chi connectivity index (χ1v) is 4.52. The predicted octanol–water partition coefficient (Wildman–Crippen LogP) is 1.79. The highest BCUT2D eigenvalue weighted by atomic mass is 16.5. The third-order valence-corrected chi connectivity index (χ3v) is 1.89. The Morgan fingerprint density at radius 1 is 1.36 bits per heavy atom. The Labute approximate surface area is 70.1 Å². The summed E-state index contributed by atoms with van der Waals surface area (Å²) in [6.07, 6.45) is 2.62. The lowest BCUT2D eigenvalue weighted by atomic mass is 10.0. The molecule has 68 valence electrons. The van der Waals surface area contributed by atoms with Gasteiger partial charge in [0.15, 0.2) is 0 Å². The van der Waals surface area contributed by atoms with Crippen molar-refractivity contribution >= 4 is 0 Å². The van der Waals surface area contributed by atoms with Gasteiger partial charge in [-0.1, -0.05) is 13.3 Å². The van der Waals surface area contributed by atoms with Crippen molar-refractivity contribution < 1.29 is 4.74 Å². The Hall–Kier alpha value is -0.0800. The van der Waals surface area contributed by atoms with E-state index >= 15 is 0 Å². The van der Waals surface area contributed by atoms with Crippen molar-refractivity contribution in [3.63, 3.8) is 0 Å². The first-order chi connectivity index (χ1) is 5.20. The molecule has 1 atom stereocenters. The molecule has 0 aliphatic carbocycles. The molecule has 0 radical (unpaired) electrons. The van der Waals surface area contributed by atoms with Gasteiger partial charge in [-0.25, -0.2) is 0 Å². The van der Waals surface area contributed by atoms with E-state index in [-0.39, 0.29) is 0 Å². The number of ether oxygens (including phenoxy) is 1. The van der Waals surface area contributed by atoms with Crippen molar-refractivity contribution in [1.29, 1.82) is 0 Å². The van der Waals surface area contributed by atoms with Crippen LogP contribution in [0.1, 0.15) is 33.6 Å². The van der Waals surface area contributed by atoms with E-state index in [0.717, 1.165) is 26.0 Å². The van der Waals surface area contributed by atoms with Gasteiger partial charge in [0.05, 0.1) is 6.10 Å². The smallest absolute Gasteiger partial charge is 0.0518 e. The van der Waals surface area contributed by atoms with Crippen LogP contribution in [0, 0.1) is 5.92 Å². The molecule has 1 unspecified atom stereocenters. The predicted molar refractivity (Wildman–Crippen MR) is 48.5 cm³/mol. The molecule has 0 saturated heterocycles. The molecule has 0 rings (SSSR count). The summed E-state index contributed by atoms with van der Waals surface area (Å²) in [5, 5.41) is 0. The molecular weight excluding hydrogens is 138 g/mol. The summed E-state index contributed by atoms with van der Waals surface area (Å²) in [4.78, 5) is 0. The first kappa shape index (κ1) is 10.9. The van der Waals surface area contributed by atoms with E-state index in [1.54, 1.807) is 0 Å². The topological polar surface area (TPSA) is 35.2 Å². The third-order valence-electron chi connectivity index (χ3n) is 1.89. The monoisotopic (exact) mass is 159 g/mol. The summed E-state index contributed by atoms with van der Waals surface area (Å²) in [7, 11) is 0. The third kappa shape index (κ3) is 6.32. The molecule has 2 N–H and O–H groups in total. The summed E-state index contributed by atoms with van der Waals surface area (Å²) in [6, 6.07) is 0. The van der Waals surface area contributed by atoms with Gasteiger partial charge in [-0.3, -0.25) is 0 Å². The summed E-state index contributed by atoms with van der Waals surface area (Å²) in [5.74, 6) is 0.647. The van der Waals surface area contributed by atoms with Crippen LogP contribution < -0.4 is 5.73 Å². The van der Waals surface area contributed by atoms with Crippen LogP contribution in [0.3, 0.4) is 0 Å². The van der Waals surface area contributed by atoms with E-state index in [2.05, 4.69) is 20.8 Å². The molecule has 2 heteroatoms. The molecule has 0 aliphatic heterocycles. The second kappa shape index (κ2) is 6.62. The van der Waals surface area contributed by atoms with Gasteiger partial charge in [0.1, 0.15) is 0 Å². The van der Waals surface area contributed by atoms with E-state index in [0.29, 0.717) is 12.0 Å². The van der Waals surface area contributed by atoms with Crippen LogP contribution in [0.2, 0.25) is 0 Å². The van der Waals surface area contributed by atoms with E-state index < -0.39 is 0 Å². The van der Waals surface area contributed by atoms with Crippen LogP contribution in [0.4, 0.5) is 0 Å². The Bertz CT molecular complexity index is 79.6. The molecule has 0 aromatic rings. The second-order valence-electron chi connectivity index (χ2n) is 3.22. The molecule has 2 nitrogen and oxygen atoms in total. The summed E-state index contributed by atoms with van der Waals surface area (Å²) >= 11 is 0. The molecule has 0 fully saturated rings. The van der Waals surface area contributed by atoms with Gasteiger partial charge >= 0.3 is 0 Å². The minimum absolute atomic E-state index is 0.352. The Kier molecular flexibility index (Phi) is 6.57. The number of nitrogens with two attached hydrogens (primary N) is 1. The van der Waals surface area contributed by atoms with Gasteiger partial charge < -0.3 is 10.5 Å². The van der Waals surface area contributed by atoms with Gasteiger partial charge in [-0.05, 0) is 32.7 Å². The van der Waals surface area contributed by atoms with Crippen LogP contribution in [0.5, 0.6) is 0 Å². The molecule has 0 spiro atoms. The highest BCUT2D eigenvalue weighted by Crippen LogP contribution is 2.06. The molecule has 0 saturated carbocycles.